The predicted octanol–water partition coefficient (Wildman–Crippen LogP) is 4.71. The molecule has 0 spiro atoms. The van der Waals surface area contributed by atoms with E-state index in [1.54, 1.807) is 0 Å². The monoisotopic (exact) mass is 251 g/mol. The SMILES string of the molecule is CCC1CCC(CC(C)(C)CN2CCCC2)CC1. The van der Waals surface area contributed by atoms with E-state index in [1.165, 1.54) is 71.0 Å². The van der Waals surface area contributed by atoms with Crippen LogP contribution in [0.3, 0.4) is 0 Å². The Kier molecular flexibility index (Phi) is 5.12. The maximum absolute atomic E-state index is 2.69. The van der Waals surface area contributed by atoms with Crippen LogP contribution in [-0.2, 0) is 0 Å². The van der Waals surface area contributed by atoms with Gasteiger partial charge in [-0.15, -0.1) is 0 Å². The Hall–Kier alpha value is -0.0400. The van der Waals surface area contributed by atoms with E-state index in [0.29, 0.717) is 5.41 Å². The van der Waals surface area contributed by atoms with Gasteiger partial charge in [0.1, 0.15) is 0 Å². The summed E-state index contributed by atoms with van der Waals surface area (Å²) in [6.45, 7) is 11.4. The van der Waals surface area contributed by atoms with Crippen LogP contribution in [0.1, 0.15) is 72.1 Å². The van der Waals surface area contributed by atoms with Gasteiger partial charge in [0, 0.05) is 6.54 Å². The molecule has 0 amide bonds. The van der Waals surface area contributed by atoms with Crippen LogP contribution in [0.4, 0.5) is 0 Å². The quantitative estimate of drug-likeness (QED) is 0.683. The zero-order valence-electron chi connectivity index (χ0n) is 12.9. The first-order valence-electron chi connectivity index (χ1n) is 8.31. The highest BCUT2D eigenvalue weighted by atomic mass is 15.1. The molecule has 0 bridgehead atoms. The molecule has 106 valence electrons. The van der Waals surface area contributed by atoms with Crippen molar-refractivity contribution in [2.75, 3.05) is 19.6 Å². The van der Waals surface area contributed by atoms with Crippen molar-refractivity contribution in [3.63, 3.8) is 0 Å². The zero-order valence-corrected chi connectivity index (χ0v) is 12.9. The van der Waals surface area contributed by atoms with Gasteiger partial charge in [-0.3, -0.25) is 0 Å². The molecular formula is C17H33N. The van der Waals surface area contributed by atoms with Crippen molar-refractivity contribution in [1.82, 2.24) is 4.90 Å². The fourth-order valence-corrected chi connectivity index (χ4v) is 4.24. The maximum atomic E-state index is 2.69. The molecule has 0 atom stereocenters. The van der Waals surface area contributed by atoms with Crippen molar-refractivity contribution in [2.24, 2.45) is 17.3 Å². The fourth-order valence-electron chi connectivity index (χ4n) is 4.24. The highest BCUT2D eigenvalue weighted by molar-refractivity contribution is 4.82. The summed E-state index contributed by atoms with van der Waals surface area (Å²) in [6.07, 6.45) is 11.7. The second-order valence-electron chi connectivity index (χ2n) is 7.65. The molecule has 1 heteroatoms. The molecule has 0 aromatic rings. The molecule has 1 heterocycles. The minimum absolute atomic E-state index is 0.536. The summed E-state index contributed by atoms with van der Waals surface area (Å²) in [6, 6.07) is 0. The molecule has 1 aliphatic carbocycles. The third kappa shape index (κ3) is 4.26. The lowest BCUT2D eigenvalue weighted by Crippen LogP contribution is -2.34. The summed E-state index contributed by atoms with van der Waals surface area (Å²) in [7, 11) is 0. The van der Waals surface area contributed by atoms with Crippen LogP contribution >= 0.6 is 0 Å². The molecule has 1 aliphatic heterocycles. The Balaban J connectivity index is 1.73. The van der Waals surface area contributed by atoms with E-state index in [9.17, 15) is 0 Å². The second-order valence-corrected chi connectivity index (χ2v) is 7.65. The summed E-state index contributed by atoms with van der Waals surface area (Å²) in [5.41, 5.74) is 0.536. The number of hydrogen-bond acceptors (Lipinski definition) is 1. The fraction of sp³-hybridized carbons (Fsp3) is 1.00. The summed E-state index contributed by atoms with van der Waals surface area (Å²) < 4.78 is 0. The molecular weight excluding hydrogens is 218 g/mol. The van der Waals surface area contributed by atoms with Crippen LogP contribution in [0.15, 0.2) is 0 Å². The second kappa shape index (κ2) is 6.41. The molecule has 2 rings (SSSR count). The molecule has 0 radical (unpaired) electrons. The Morgan fingerprint density at radius 3 is 2.06 bits per heavy atom. The number of hydrogen-bond donors (Lipinski definition) is 0. The predicted molar refractivity (Wildman–Crippen MR) is 79.8 cm³/mol. The Bertz CT molecular complexity index is 232. The highest BCUT2D eigenvalue weighted by Crippen LogP contribution is 2.38. The van der Waals surface area contributed by atoms with Gasteiger partial charge in [-0.2, -0.15) is 0 Å². The van der Waals surface area contributed by atoms with E-state index in [2.05, 4.69) is 25.7 Å². The molecule has 0 aromatic carbocycles. The van der Waals surface area contributed by atoms with Crippen LogP contribution in [0.25, 0.3) is 0 Å². The van der Waals surface area contributed by atoms with Crippen LogP contribution in [0.5, 0.6) is 0 Å². The largest absolute Gasteiger partial charge is 0.303 e. The summed E-state index contributed by atoms with van der Waals surface area (Å²) in [5.74, 6) is 2.06. The Morgan fingerprint density at radius 1 is 0.944 bits per heavy atom. The first kappa shape index (κ1) is 14.4. The molecule has 2 aliphatic rings. The number of rotatable bonds is 5. The van der Waals surface area contributed by atoms with Gasteiger partial charge < -0.3 is 4.90 Å². The van der Waals surface area contributed by atoms with Crippen LogP contribution in [0.2, 0.25) is 0 Å². The normalized spacial score (nSPS) is 30.8. The minimum atomic E-state index is 0.536. The van der Waals surface area contributed by atoms with E-state index in [-0.39, 0.29) is 0 Å². The third-order valence-corrected chi connectivity index (χ3v) is 5.24. The van der Waals surface area contributed by atoms with Crippen molar-refractivity contribution >= 4 is 0 Å². The van der Waals surface area contributed by atoms with Gasteiger partial charge in [0.05, 0.1) is 0 Å². The molecule has 18 heavy (non-hydrogen) atoms. The van der Waals surface area contributed by atoms with E-state index >= 15 is 0 Å². The first-order chi connectivity index (χ1) is 8.59. The molecule has 0 aromatic heterocycles. The lowest BCUT2D eigenvalue weighted by Gasteiger charge is -2.36. The van der Waals surface area contributed by atoms with Crippen LogP contribution in [0, 0.1) is 17.3 Å². The topological polar surface area (TPSA) is 3.24 Å². The van der Waals surface area contributed by atoms with Crippen LogP contribution in [-0.4, -0.2) is 24.5 Å². The van der Waals surface area contributed by atoms with E-state index < -0.39 is 0 Å². The zero-order chi connectivity index (χ0) is 13.0. The van der Waals surface area contributed by atoms with Gasteiger partial charge >= 0.3 is 0 Å². The first-order valence-corrected chi connectivity index (χ1v) is 8.31. The van der Waals surface area contributed by atoms with Gasteiger partial charge in [0.25, 0.3) is 0 Å². The van der Waals surface area contributed by atoms with Crippen molar-refractivity contribution in [3.05, 3.63) is 0 Å². The molecule has 2 fully saturated rings. The van der Waals surface area contributed by atoms with Gasteiger partial charge in [0.2, 0.25) is 0 Å². The van der Waals surface area contributed by atoms with E-state index in [4.69, 9.17) is 0 Å². The summed E-state index contributed by atoms with van der Waals surface area (Å²) >= 11 is 0. The van der Waals surface area contributed by atoms with E-state index in [0.717, 1.165) is 11.8 Å². The lowest BCUT2D eigenvalue weighted by molar-refractivity contribution is 0.143. The molecule has 0 N–H and O–H groups in total. The number of nitrogens with zero attached hydrogens (tertiary/aromatic N) is 1. The van der Waals surface area contributed by atoms with Crippen molar-refractivity contribution < 1.29 is 0 Å². The molecule has 1 nitrogen and oxygen atoms in total. The van der Waals surface area contributed by atoms with Crippen molar-refractivity contribution in [3.8, 4) is 0 Å². The summed E-state index contributed by atoms with van der Waals surface area (Å²) in [4.78, 5) is 2.69. The van der Waals surface area contributed by atoms with Crippen molar-refractivity contribution in [2.45, 2.75) is 72.1 Å². The number of likely N-dealkylation sites (tertiary alicyclic amines) is 1. The van der Waals surface area contributed by atoms with Gasteiger partial charge in [-0.1, -0.05) is 52.9 Å². The third-order valence-electron chi connectivity index (χ3n) is 5.24. The standard InChI is InChI=1S/C17H33N/c1-4-15-7-9-16(10-8-15)13-17(2,3)14-18-11-5-6-12-18/h15-16H,4-14H2,1-3H3. The molecule has 0 unspecified atom stereocenters. The van der Waals surface area contributed by atoms with Crippen LogP contribution < -0.4 is 0 Å². The van der Waals surface area contributed by atoms with Gasteiger partial charge in [-0.25, -0.2) is 0 Å². The highest BCUT2D eigenvalue weighted by Gasteiger charge is 2.29. The van der Waals surface area contributed by atoms with Gasteiger partial charge in [0.15, 0.2) is 0 Å². The minimum Gasteiger partial charge on any atom is -0.303 e. The van der Waals surface area contributed by atoms with Crippen molar-refractivity contribution in [1.29, 1.82) is 0 Å². The van der Waals surface area contributed by atoms with E-state index in [1.807, 2.05) is 0 Å². The Morgan fingerprint density at radius 2 is 1.50 bits per heavy atom. The molecule has 1 saturated heterocycles. The lowest BCUT2D eigenvalue weighted by atomic mass is 9.73. The maximum Gasteiger partial charge on any atom is 0.00328 e. The Labute approximate surface area is 114 Å². The van der Waals surface area contributed by atoms with Gasteiger partial charge in [-0.05, 0) is 49.6 Å². The smallest absolute Gasteiger partial charge is 0.00328 e. The average molecular weight is 251 g/mol. The average Bonchev–Trinajstić information content (AvgIpc) is 2.81. The molecule has 1 saturated carbocycles. The summed E-state index contributed by atoms with van der Waals surface area (Å²) in [5, 5.41) is 0.